The summed E-state index contributed by atoms with van der Waals surface area (Å²) in [5.41, 5.74) is 3.37. The number of aryl methyl sites for hydroxylation is 1. The van der Waals surface area contributed by atoms with Crippen LogP contribution in [0, 0.1) is 6.92 Å². The number of nitrogens with one attached hydrogen (secondary N) is 2. The van der Waals surface area contributed by atoms with E-state index in [0.29, 0.717) is 0 Å². The number of hydrogen-bond acceptors (Lipinski definition) is 4. The van der Waals surface area contributed by atoms with Crippen LogP contribution >= 0.6 is 15.9 Å². The second kappa shape index (κ2) is 7.41. The van der Waals surface area contributed by atoms with Crippen LogP contribution in [0.4, 0.5) is 17.3 Å². The van der Waals surface area contributed by atoms with Crippen molar-refractivity contribution in [1.29, 1.82) is 0 Å². The zero-order valence-electron chi connectivity index (χ0n) is 12.7. The molecule has 21 heavy (non-hydrogen) atoms. The molecule has 2 N–H and O–H groups in total. The maximum atomic E-state index is 4.41. The van der Waals surface area contributed by atoms with Crippen LogP contribution in [-0.2, 0) is 6.42 Å². The first kappa shape index (κ1) is 15.8. The SMILES string of the molecule is CCCc1c(NCC)ncnc1Nc1ccc(C)c(Br)c1. The molecule has 2 aromatic rings. The van der Waals surface area contributed by atoms with E-state index in [4.69, 9.17) is 0 Å². The van der Waals surface area contributed by atoms with Gasteiger partial charge in [0.25, 0.3) is 0 Å². The van der Waals surface area contributed by atoms with Crippen molar-refractivity contribution in [2.75, 3.05) is 17.2 Å². The minimum atomic E-state index is 0.850. The quantitative estimate of drug-likeness (QED) is 0.795. The highest BCUT2D eigenvalue weighted by Gasteiger charge is 2.10. The zero-order valence-corrected chi connectivity index (χ0v) is 14.3. The Morgan fingerprint density at radius 1 is 1.14 bits per heavy atom. The smallest absolute Gasteiger partial charge is 0.139 e. The molecule has 0 spiro atoms. The van der Waals surface area contributed by atoms with Gasteiger partial charge in [-0.3, -0.25) is 0 Å². The highest BCUT2D eigenvalue weighted by molar-refractivity contribution is 9.10. The van der Waals surface area contributed by atoms with Gasteiger partial charge in [0.2, 0.25) is 0 Å². The fourth-order valence-corrected chi connectivity index (χ4v) is 2.51. The van der Waals surface area contributed by atoms with Gasteiger partial charge in [0.15, 0.2) is 0 Å². The topological polar surface area (TPSA) is 49.8 Å². The molecule has 0 aliphatic carbocycles. The third-order valence-corrected chi connectivity index (χ3v) is 4.08. The number of halogens is 1. The summed E-state index contributed by atoms with van der Waals surface area (Å²) in [6.07, 6.45) is 3.60. The Morgan fingerprint density at radius 2 is 1.90 bits per heavy atom. The Bertz CT molecular complexity index is 613. The third-order valence-electron chi connectivity index (χ3n) is 3.22. The van der Waals surface area contributed by atoms with E-state index in [9.17, 15) is 0 Å². The average Bonchev–Trinajstić information content (AvgIpc) is 2.46. The Balaban J connectivity index is 2.33. The molecule has 5 heteroatoms. The average molecular weight is 349 g/mol. The molecule has 0 bridgehead atoms. The molecular formula is C16H21BrN4. The molecule has 0 amide bonds. The molecule has 4 nitrogen and oxygen atoms in total. The number of nitrogens with zero attached hydrogens (tertiary/aromatic N) is 2. The van der Waals surface area contributed by atoms with Gasteiger partial charge in [-0.2, -0.15) is 0 Å². The Labute approximate surface area is 134 Å². The lowest BCUT2D eigenvalue weighted by molar-refractivity contribution is 0.902. The van der Waals surface area contributed by atoms with Crippen molar-refractivity contribution >= 4 is 33.3 Å². The molecule has 0 aliphatic rings. The van der Waals surface area contributed by atoms with Crippen LogP contribution in [0.25, 0.3) is 0 Å². The summed E-state index contributed by atoms with van der Waals surface area (Å²) in [4.78, 5) is 8.76. The lowest BCUT2D eigenvalue weighted by Gasteiger charge is -2.15. The number of rotatable bonds is 6. The fourth-order valence-electron chi connectivity index (χ4n) is 2.13. The van der Waals surface area contributed by atoms with E-state index in [2.05, 4.69) is 75.5 Å². The van der Waals surface area contributed by atoms with Gasteiger partial charge in [-0.05, 0) is 38.0 Å². The molecule has 0 unspecified atom stereocenters. The van der Waals surface area contributed by atoms with Crippen LogP contribution < -0.4 is 10.6 Å². The van der Waals surface area contributed by atoms with E-state index in [1.54, 1.807) is 6.33 Å². The van der Waals surface area contributed by atoms with E-state index in [0.717, 1.165) is 46.7 Å². The van der Waals surface area contributed by atoms with Crippen LogP contribution in [-0.4, -0.2) is 16.5 Å². The number of anilines is 3. The maximum absolute atomic E-state index is 4.41. The third kappa shape index (κ3) is 3.94. The molecule has 1 aromatic heterocycles. The minimum Gasteiger partial charge on any atom is -0.370 e. The van der Waals surface area contributed by atoms with Crippen molar-refractivity contribution < 1.29 is 0 Å². The van der Waals surface area contributed by atoms with Crippen LogP contribution in [0.1, 0.15) is 31.4 Å². The summed E-state index contributed by atoms with van der Waals surface area (Å²) < 4.78 is 1.09. The van der Waals surface area contributed by atoms with Gasteiger partial charge in [0, 0.05) is 22.3 Å². The molecule has 112 valence electrons. The van der Waals surface area contributed by atoms with Crippen molar-refractivity contribution in [3.8, 4) is 0 Å². The summed E-state index contributed by atoms with van der Waals surface area (Å²) in [7, 11) is 0. The molecule has 0 saturated heterocycles. The monoisotopic (exact) mass is 348 g/mol. The van der Waals surface area contributed by atoms with E-state index in [-0.39, 0.29) is 0 Å². The predicted molar refractivity (Wildman–Crippen MR) is 92.4 cm³/mol. The summed E-state index contributed by atoms with van der Waals surface area (Å²) >= 11 is 3.56. The highest BCUT2D eigenvalue weighted by Crippen LogP contribution is 2.27. The van der Waals surface area contributed by atoms with Gasteiger partial charge in [0.1, 0.15) is 18.0 Å². The van der Waals surface area contributed by atoms with Crippen molar-refractivity contribution in [2.24, 2.45) is 0 Å². The predicted octanol–water partition coefficient (Wildman–Crippen LogP) is 4.68. The maximum Gasteiger partial charge on any atom is 0.139 e. The van der Waals surface area contributed by atoms with Crippen LogP contribution in [0.5, 0.6) is 0 Å². The number of hydrogen-bond donors (Lipinski definition) is 2. The molecule has 0 fully saturated rings. The lowest BCUT2D eigenvalue weighted by atomic mass is 10.1. The van der Waals surface area contributed by atoms with Gasteiger partial charge in [-0.25, -0.2) is 9.97 Å². The van der Waals surface area contributed by atoms with Gasteiger partial charge in [0.05, 0.1) is 0 Å². The summed E-state index contributed by atoms with van der Waals surface area (Å²) in [6.45, 7) is 7.16. The Hall–Kier alpha value is -1.62. The molecule has 0 aliphatic heterocycles. The Morgan fingerprint density at radius 3 is 2.57 bits per heavy atom. The molecule has 2 rings (SSSR count). The molecule has 1 heterocycles. The van der Waals surface area contributed by atoms with Gasteiger partial charge >= 0.3 is 0 Å². The highest BCUT2D eigenvalue weighted by atomic mass is 79.9. The van der Waals surface area contributed by atoms with Crippen molar-refractivity contribution in [3.63, 3.8) is 0 Å². The summed E-state index contributed by atoms with van der Waals surface area (Å²) in [6, 6.07) is 6.21. The molecule has 0 radical (unpaired) electrons. The minimum absolute atomic E-state index is 0.850. The van der Waals surface area contributed by atoms with Crippen LogP contribution in [0.3, 0.4) is 0 Å². The fraction of sp³-hybridized carbons (Fsp3) is 0.375. The zero-order chi connectivity index (χ0) is 15.2. The summed E-state index contributed by atoms with van der Waals surface area (Å²) in [5, 5.41) is 6.71. The molecule has 0 atom stereocenters. The molecular weight excluding hydrogens is 328 g/mol. The number of aromatic nitrogens is 2. The molecule has 0 saturated carbocycles. The van der Waals surface area contributed by atoms with Crippen molar-refractivity contribution in [1.82, 2.24) is 9.97 Å². The van der Waals surface area contributed by atoms with Crippen molar-refractivity contribution in [3.05, 3.63) is 40.1 Å². The lowest BCUT2D eigenvalue weighted by Crippen LogP contribution is -2.08. The van der Waals surface area contributed by atoms with E-state index >= 15 is 0 Å². The van der Waals surface area contributed by atoms with E-state index in [1.807, 2.05) is 0 Å². The second-order valence-electron chi connectivity index (χ2n) is 4.92. The van der Waals surface area contributed by atoms with E-state index in [1.165, 1.54) is 5.56 Å². The van der Waals surface area contributed by atoms with Gasteiger partial charge in [-0.1, -0.05) is 35.3 Å². The molecule has 1 aromatic carbocycles. The number of benzene rings is 1. The standard InChI is InChI=1S/C16H21BrN4/c1-4-6-13-15(18-5-2)19-10-20-16(13)21-12-8-7-11(3)14(17)9-12/h7-10H,4-6H2,1-3H3,(H2,18,19,20,21). The summed E-state index contributed by atoms with van der Waals surface area (Å²) in [5.74, 6) is 1.79. The normalized spacial score (nSPS) is 10.5. The van der Waals surface area contributed by atoms with Crippen molar-refractivity contribution in [2.45, 2.75) is 33.6 Å². The van der Waals surface area contributed by atoms with Crippen LogP contribution in [0.2, 0.25) is 0 Å². The van der Waals surface area contributed by atoms with Crippen LogP contribution in [0.15, 0.2) is 29.0 Å². The second-order valence-corrected chi connectivity index (χ2v) is 5.77. The largest absolute Gasteiger partial charge is 0.370 e. The first-order valence-corrected chi connectivity index (χ1v) is 8.05. The van der Waals surface area contributed by atoms with Gasteiger partial charge < -0.3 is 10.6 Å². The first-order chi connectivity index (χ1) is 10.2. The Kier molecular flexibility index (Phi) is 5.56. The first-order valence-electron chi connectivity index (χ1n) is 7.26. The van der Waals surface area contributed by atoms with Gasteiger partial charge in [-0.15, -0.1) is 0 Å². The van der Waals surface area contributed by atoms with E-state index < -0.39 is 0 Å².